The highest BCUT2D eigenvalue weighted by molar-refractivity contribution is 5.95. The van der Waals surface area contributed by atoms with Crippen LogP contribution in [0.25, 0.3) is 0 Å². The lowest BCUT2D eigenvalue weighted by atomic mass is 10.1. The van der Waals surface area contributed by atoms with E-state index in [0.29, 0.717) is 25.2 Å². The Bertz CT molecular complexity index is 814. The average Bonchev–Trinajstić information content (AvgIpc) is 2.72. The summed E-state index contributed by atoms with van der Waals surface area (Å²) in [5.74, 6) is 0.896. The zero-order chi connectivity index (χ0) is 20.1. The van der Waals surface area contributed by atoms with Crippen molar-refractivity contribution in [1.82, 2.24) is 14.8 Å². The smallest absolute Gasteiger partial charge is 0.254 e. The number of carbonyl (C=O) groups is 2. The van der Waals surface area contributed by atoms with Crippen molar-refractivity contribution in [2.75, 3.05) is 31.1 Å². The summed E-state index contributed by atoms with van der Waals surface area (Å²) >= 11 is 0. The molecule has 1 fully saturated rings. The molecule has 0 spiro atoms. The quantitative estimate of drug-likeness (QED) is 0.800. The van der Waals surface area contributed by atoms with Crippen LogP contribution in [0.15, 0.2) is 48.7 Å². The summed E-state index contributed by atoms with van der Waals surface area (Å²) in [7, 11) is 0. The van der Waals surface area contributed by atoms with E-state index >= 15 is 0 Å². The fourth-order valence-electron chi connectivity index (χ4n) is 3.41. The van der Waals surface area contributed by atoms with E-state index in [2.05, 4.69) is 9.88 Å². The summed E-state index contributed by atoms with van der Waals surface area (Å²) in [6, 6.07) is 13.8. The molecule has 148 valence electrons. The molecule has 1 aromatic heterocycles. The van der Waals surface area contributed by atoms with Crippen LogP contribution < -0.4 is 4.90 Å². The van der Waals surface area contributed by atoms with Crippen molar-refractivity contribution in [3.05, 3.63) is 59.8 Å². The number of hydrogen-bond acceptors (Lipinski definition) is 4. The van der Waals surface area contributed by atoms with E-state index in [0.717, 1.165) is 24.5 Å². The average molecular weight is 380 g/mol. The van der Waals surface area contributed by atoms with Gasteiger partial charge in [-0.25, -0.2) is 4.98 Å². The summed E-state index contributed by atoms with van der Waals surface area (Å²) in [5.41, 5.74) is 1.75. The minimum absolute atomic E-state index is 0.00451. The van der Waals surface area contributed by atoms with E-state index in [-0.39, 0.29) is 17.9 Å². The molecular formula is C22H28N4O2. The van der Waals surface area contributed by atoms with Crippen LogP contribution in [-0.4, -0.2) is 58.8 Å². The molecule has 1 saturated heterocycles. The lowest BCUT2D eigenvalue weighted by molar-refractivity contribution is -0.129. The van der Waals surface area contributed by atoms with Crippen molar-refractivity contribution in [1.29, 1.82) is 0 Å². The van der Waals surface area contributed by atoms with Gasteiger partial charge in [0.1, 0.15) is 5.82 Å². The Morgan fingerprint density at radius 3 is 2.36 bits per heavy atom. The maximum Gasteiger partial charge on any atom is 0.254 e. The number of aromatic nitrogens is 1. The molecule has 0 N–H and O–H groups in total. The SMILES string of the molecule is CC(=O)N1CCN(c2cc(C(=O)N(Cc3ccccc3)C(C)C)ccn2)CC1. The van der Waals surface area contributed by atoms with Gasteiger partial charge in [0.2, 0.25) is 5.91 Å². The highest BCUT2D eigenvalue weighted by atomic mass is 16.2. The van der Waals surface area contributed by atoms with Crippen LogP contribution >= 0.6 is 0 Å². The zero-order valence-corrected chi connectivity index (χ0v) is 16.8. The molecule has 0 unspecified atom stereocenters. The van der Waals surface area contributed by atoms with Crippen LogP contribution in [0.3, 0.4) is 0 Å². The van der Waals surface area contributed by atoms with E-state index in [1.165, 1.54) is 0 Å². The molecule has 3 rings (SSSR count). The number of hydrogen-bond donors (Lipinski definition) is 0. The number of carbonyl (C=O) groups excluding carboxylic acids is 2. The van der Waals surface area contributed by atoms with Gasteiger partial charge in [-0.1, -0.05) is 30.3 Å². The van der Waals surface area contributed by atoms with E-state index in [1.807, 2.05) is 60.0 Å². The Morgan fingerprint density at radius 2 is 1.75 bits per heavy atom. The second-order valence-corrected chi connectivity index (χ2v) is 7.41. The van der Waals surface area contributed by atoms with E-state index in [1.54, 1.807) is 19.2 Å². The standard InChI is InChI=1S/C22H28N4O2/c1-17(2)26(16-19-7-5-4-6-8-19)22(28)20-9-10-23-21(15-20)25-13-11-24(12-14-25)18(3)27/h4-10,15,17H,11-14,16H2,1-3H3. The maximum atomic E-state index is 13.2. The summed E-state index contributed by atoms with van der Waals surface area (Å²) in [6.07, 6.45) is 1.70. The highest BCUT2D eigenvalue weighted by Crippen LogP contribution is 2.19. The molecule has 0 aliphatic carbocycles. The van der Waals surface area contributed by atoms with E-state index in [4.69, 9.17) is 0 Å². The van der Waals surface area contributed by atoms with Gasteiger partial charge in [0.25, 0.3) is 5.91 Å². The highest BCUT2D eigenvalue weighted by Gasteiger charge is 2.23. The molecule has 2 heterocycles. The molecule has 0 bridgehead atoms. The lowest BCUT2D eigenvalue weighted by Crippen LogP contribution is -2.48. The van der Waals surface area contributed by atoms with Crippen molar-refractivity contribution < 1.29 is 9.59 Å². The topological polar surface area (TPSA) is 56.8 Å². The van der Waals surface area contributed by atoms with Crippen LogP contribution in [0.5, 0.6) is 0 Å². The molecule has 2 amide bonds. The van der Waals surface area contributed by atoms with Gasteiger partial charge in [0, 0.05) is 57.4 Å². The Labute approximate surface area is 166 Å². The first-order chi connectivity index (χ1) is 13.5. The largest absolute Gasteiger partial charge is 0.353 e. The molecule has 0 saturated carbocycles. The zero-order valence-electron chi connectivity index (χ0n) is 16.8. The number of benzene rings is 1. The Hall–Kier alpha value is -2.89. The second-order valence-electron chi connectivity index (χ2n) is 7.41. The van der Waals surface area contributed by atoms with Gasteiger partial charge in [-0.05, 0) is 31.5 Å². The van der Waals surface area contributed by atoms with Gasteiger partial charge in [-0.2, -0.15) is 0 Å². The summed E-state index contributed by atoms with van der Waals surface area (Å²) in [6.45, 7) is 9.05. The number of nitrogens with zero attached hydrogens (tertiary/aromatic N) is 4. The third-order valence-corrected chi connectivity index (χ3v) is 5.12. The number of piperazine rings is 1. The van der Waals surface area contributed by atoms with Gasteiger partial charge in [-0.15, -0.1) is 0 Å². The number of rotatable bonds is 5. The van der Waals surface area contributed by atoms with Gasteiger partial charge in [-0.3, -0.25) is 9.59 Å². The van der Waals surface area contributed by atoms with Gasteiger partial charge in [0.05, 0.1) is 0 Å². The van der Waals surface area contributed by atoms with E-state index < -0.39 is 0 Å². The third kappa shape index (κ3) is 4.68. The van der Waals surface area contributed by atoms with E-state index in [9.17, 15) is 9.59 Å². The predicted octanol–water partition coefficient (Wildman–Crippen LogP) is 2.80. The van der Waals surface area contributed by atoms with Crippen LogP contribution in [0, 0.1) is 0 Å². The van der Waals surface area contributed by atoms with Crippen LogP contribution in [0.4, 0.5) is 5.82 Å². The molecule has 0 atom stereocenters. The van der Waals surface area contributed by atoms with Gasteiger partial charge < -0.3 is 14.7 Å². The minimum atomic E-state index is 0.00451. The lowest BCUT2D eigenvalue weighted by Gasteiger charge is -2.35. The summed E-state index contributed by atoms with van der Waals surface area (Å²) < 4.78 is 0. The van der Waals surface area contributed by atoms with Crippen molar-refractivity contribution in [3.63, 3.8) is 0 Å². The first kappa shape index (κ1) is 19.9. The maximum absolute atomic E-state index is 13.2. The molecule has 1 aliphatic heterocycles. The summed E-state index contributed by atoms with van der Waals surface area (Å²) in [4.78, 5) is 35.0. The Balaban J connectivity index is 1.74. The van der Waals surface area contributed by atoms with Gasteiger partial charge in [0.15, 0.2) is 0 Å². The molecule has 1 aliphatic rings. The summed E-state index contributed by atoms with van der Waals surface area (Å²) in [5, 5.41) is 0. The van der Waals surface area contributed by atoms with Gasteiger partial charge >= 0.3 is 0 Å². The number of anilines is 1. The molecule has 6 heteroatoms. The fourth-order valence-corrected chi connectivity index (χ4v) is 3.41. The molecule has 2 aromatic rings. The Kier molecular flexibility index (Phi) is 6.29. The first-order valence-corrected chi connectivity index (χ1v) is 9.77. The first-order valence-electron chi connectivity index (χ1n) is 9.77. The normalized spacial score (nSPS) is 14.3. The van der Waals surface area contributed by atoms with Crippen molar-refractivity contribution in [2.24, 2.45) is 0 Å². The second kappa shape index (κ2) is 8.87. The molecule has 6 nitrogen and oxygen atoms in total. The van der Waals surface area contributed by atoms with Crippen molar-refractivity contribution in [2.45, 2.75) is 33.4 Å². The van der Waals surface area contributed by atoms with Crippen molar-refractivity contribution in [3.8, 4) is 0 Å². The number of amides is 2. The molecule has 1 aromatic carbocycles. The van der Waals surface area contributed by atoms with Crippen LogP contribution in [-0.2, 0) is 11.3 Å². The van der Waals surface area contributed by atoms with Crippen LogP contribution in [0.1, 0.15) is 36.7 Å². The molecule has 0 radical (unpaired) electrons. The predicted molar refractivity (Wildman–Crippen MR) is 110 cm³/mol. The molecular weight excluding hydrogens is 352 g/mol. The van der Waals surface area contributed by atoms with Crippen molar-refractivity contribution >= 4 is 17.6 Å². The molecule has 28 heavy (non-hydrogen) atoms. The Morgan fingerprint density at radius 1 is 1.07 bits per heavy atom. The fraction of sp³-hybridized carbons (Fsp3) is 0.409. The minimum Gasteiger partial charge on any atom is -0.353 e. The number of pyridine rings is 1. The third-order valence-electron chi connectivity index (χ3n) is 5.12. The monoisotopic (exact) mass is 380 g/mol. The van der Waals surface area contributed by atoms with Crippen LogP contribution in [0.2, 0.25) is 0 Å².